The van der Waals surface area contributed by atoms with Crippen molar-refractivity contribution in [2.24, 2.45) is 0 Å². The van der Waals surface area contributed by atoms with Gasteiger partial charge in [0.05, 0.1) is 0 Å². The number of urea groups is 1. The first-order valence-electron chi connectivity index (χ1n) is 7.15. The first-order valence-corrected chi connectivity index (χ1v) is 8.74. The van der Waals surface area contributed by atoms with Gasteiger partial charge in [-0.1, -0.05) is 68.3 Å². The molecule has 0 fully saturated rings. The number of amides is 2. The topological polar surface area (TPSA) is 41.1 Å². The van der Waals surface area contributed by atoms with Crippen molar-refractivity contribution in [3.63, 3.8) is 0 Å². The van der Waals surface area contributed by atoms with Crippen LogP contribution in [0, 0.1) is 0 Å². The molecule has 2 rings (SSSR count). The molecule has 0 atom stereocenters. The summed E-state index contributed by atoms with van der Waals surface area (Å²) in [4.78, 5) is 11.7. The Bertz CT molecular complexity index is 578. The van der Waals surface area contributed by atoms with Crippen LogP contribution < -0.4 is 10.6 Å². The van der Waals surface area contributed by atoms with Gasteiger partial charge in [-0.15, -0.1) is 0 Å². The lowest BCUT2D eigenvalue weighted by Gasteiger charge is -2.09. The molecule has 2 aromatic rings. The highest BCUT2D eigenvalue weighted by Crippen LogP contribution is 2.16. The summed E-state index contributed by atoms with van der Waals surface area (Å²) in [5, 5.41) is 5.75. The van der Waals surface area contributed by atoms with Gasteiger partial charge in [0.15, 0.2) is 0 Å². The summed E-state index contributed by atoms with van der Waals surface area (Å²) in [6, 6.07) is 16.0. The fraction of sp³-hybridized carbons (Fsp3) is 0.235. The van der Waals surface area contributed by atoms with Gasteiger partial charge in [-0.2, -0.15) is 0 Å². The summed E-state index contributed by atoms with van der Waals surface area (Å²) in [6.45, 7) is 1.23. The average Bonchev–Trinajstić information content (AvgIpc) is 2.51. The number of carbonyl (C=O) groups is 1. The molecule has 2 amide bonds. The molecule has 0 spiro atoms. The molecular weight excluding hydrogens is 408 g/mol. The van der Waals surface area contributed by atoms with E-state index in [9.17, 15) is 4.79 Å². The Morgan fingerprint density at radius 3 is 1.59 bits per heavy atom. The highest BCUT2D eigenvalue weighted by molar-refractivity contribution is 9.10. The molecule has 22 heavy (non-hydrogen) atoms. The quantitative estimate of drug-likeness (QED) is 0.711. The van der Waals surface area contributed by atoms with Crippen LogP contribution in [0.5, 0.6) is 0 Å². The SMILES string of the molecule is O=C(NCCc1ccccc1Br)NCCc1ccccc1Br. The highest BCUT2D eigenvalue weighted by atomic mass is 79.9. The lowest BCUT2D eigenvalue weighted by Crippen LogP contribution is -2.37. The molecule has 0 aromatic heterocycles. The maximum Gasteiger partial charge on any atom is 0.314 e. The van der Waals surface area contributed by atoms with E-state index in [2.05, 4.69) is 54.6 Å². The number of halogens is 2. The van der Waals surface area contributed by atoms with E-state index >= 15 is 0 Å². The molecule has 0 aliphatic carbocycles. The Labute approximate surface area is 147 Å². The molecule has 2 aromatic carbocycles. The van der Waals surface area contributed by atoms with Gasteiger partial charge < -0.3 is 10.6 Å². The largest absolute Gasteiger partial charge is 0.338 e. The molecule has 0 unspecified atom stereocenters. The Morgan fingerprint density at radius 1 is 0.773 bits per heavy atom. The van der Waals surface area contributed by atoms with Crippen LogP contribution in [-0.2, 0) is 12.8 Å². The Morgan fingerprint density at radius 2 is 1.18 bits per heavy atom. The lowest BCUT2D eigenvalue weighted by atomic mass is 10.1. The second-order valence-corrected chi connectivity index (χ2v) is 6.57. The van der Waals surface area contributed by atoms with E-state index in [1.54, 1.807) is 0 Å². The van der Waals surface area contributed by atoms with Crippen LogP contribution >= 0.6 is 31.9 Å². The van der Waals surface area contributed by atoms with Gasteiger partial charge in [0, 0.05) is 22.0 Å². The van der Waals surface area contributed by atoms with Gasteiger partial charge >= 0.3 is 6.03 Å². The van der Waals surface area contributed by atoms with E-state index in [1.165, 1.54) is 11.1 Å². The van der Waals surface area contributed by atoms with Crippen molar-refractivity contribution < 1.29 is 4.79 Å². The summed E-state index contributed by atoms with van der Waals surface area (Å²) in [6.07, 6.45) is 1.61. The molecule has 2 N–H and O–H groups in total. The van der Waals surface area contributed by atoms with Gasteiger partial charge in [0.1, 0.15) is 0 Å². The Balaban J connectivity index is 1.66. The van der Waals surface area contributed by atoms with Crippen LogP contribution in [0.3, 0.4) is 0 Å². The molecule has 0 bridgehead atoms. The molecule has 0 heterocycles. The number of rotatable bonds is 6. The van der Waals surface area contributed by atoms with Crippen LogP contribution in [0.2, 0.25) is 0 Å². The first-order chi connectivity index (χ1) is 10.7. The fourth-order valence-corrected chi connectivity index (χ4v) is 3.05. The standard InChI is InChI=1S/C17H18Br2N2O/c18-15-7-3-1-5-13(15)9-11-20-17(22)21-12-10-14-6-2-4-8-16(14)19/h1-8H,9-12H2,(H2,20,21,22). The Hall–Kier alpha value is -1.33. The molecule has 5 heteroatoms. The van der Waals surface area contributed by atoms with E-state index in [0.717, 1.165) is 21.8 Å². The molecule has 116 valence electrons. The summed E-state index contributed by atoms with van der Waals surface area (Å²) >= 11 is 7.01. The van der Waals surface area contributed by atoms with Gasteiger partial charge in [0.2, 0.25) is 0 Å². The first kappa shape index (κ1) is 17.0. The van der Waals surface area contributed by atoms with Crippen LogP contribution in [0.15, 0.2) is 57.5 Å². The second kappa shape index (κ2) is 8.96. The van der Waals surface area contributed by atoms with Gasteiger partial charge in [-0.05, 0) is 36.1 Å². The molecule has 3 nitrogen and oxygen atoms in total. The average molecular weight is 426 g/mol. The molecule has 0 radical (unpaired) electrons. The number of carbonyl (C=O) groups excluding carboxylic acids is 1. The second-order valence-electron chi connectivity index (χ2n) is 4.87. The van der Waals surface area contributed by atoms with Gasteiger partial charge in [-0.3, -0.25) is 0 Å². The maximum absolute atomic E-state index is 11.7. The van der Waals surface area contributed by atoms with Crippen molar-refractivity contribution in [1.29, 1.82) is 0 Å². The molecule has 0 saturated heterocycles. The smallest absolute Gasteiger partial charge is 0.314 e. The van der Waals surface area contributed by atoms with Crippen LogP contribution in [0.1, 0.15) is 11.1 Å². The number of hydrogen-bond donors (Lipinski definition) is 2. The molecular formula is C17H18Br2N2O. The lowest BCUT2D eigenvalue weighted by molar-refractivity contribution is 0.241. The minimum atomic E-state index is -0.126. The van der Waals surface area contributed by atoms with E-state index < -0.39 is 0 Å². The summed E-state index contributed by atoms with van der Waals surface area (Å²) < 4.78 is 2.15. The van der Waals surface area contributed by atoms with Crippen LogP contribution in [-0.4, -0.2) is 19.1 Å². The van der Waals surface area contributed by atoms with Crippen molar-refractivity contribution in [2.45, 2.75) is 12.8 Å². The third-order valence-electron chi connectivity index (χ3n) is 3.28. The van der Waals surface area contributed by atoms with Gasteiger partial charge in [-0.25, -0.2) is 4.79 Å². The van der Waals surface area contributed by atoms with E-state index in [-0.39, 0.29) is 6.03 Å². The molecule has 0 aliphatic heterocycles. The predicted octanol–water partition coefficient (Wildman–Crippen LogP) is 4.30. The zero-order valence-corrected chi connectivity index (χ0v) is 15.3. The third-order valence-corrected chi connectivity index (χ3v) is 4.82. The van der Waals surface area contributed by atoms with E-state index in [1.807, 2.05) is 36.4 Å². The summed E-state index contributed by atoms with van der Waals surface area (Å²) in [5.41, 5.74) is 2.38. The Kier molecular flexibility index (Phi) is 6.93. The number of nitrogens with one attached hydrogen (secondary N) is 2. The monoisotopic (exact) mass is 424 g/mol. The minimum absolute atomic E-state index is 0.126. The van der Waals surface area contributed by atoms with Crippen molar-refractivity contribution in [1.82, 2.24) is 10.6 Å². The van der Waals surface area contributed by atoms with Crippen molar-refractivity contribution in [2.75, 3.05) is 13.1 Å². The zero-order chi connectivity index (χ0) is 15.8. The van der Waals surface area contributed by atoms with Crippen LogP contribution in [0.25, 0.3) is 0 Å². The number of benzene rings is 2. The van der Waals surface area contributed by atoms with E-state index in [0.29, 0.717) is 13.1 Å². The maximum atomic E-state index is 11.7. The van der Waals surface area contributed by atoms with Crippen LogP contribution in [0.4, 0.5) is 4.79 Å². The molecule has 0 aliphatic rings. The number of hydrogen-bond acceptors (Lipinski definition) is 1. The fourth-order valence-electron chi connectivity index (χ4n) is 2.09. The summed E-state index contributed by atoms with van der Waals surface area (Å²) in [5.74, 6) is 0. The minimum Gasteiger partial charge on any atom is -0.338 e. The van der Waals surface area contributed by atoms with Crippen molar-refractivity contribution in [3.8, 4) is 0 Å². The zero-order valence-electron chi connectivity index (χ0n) is 12.1. The highest BCUT2D eigenvalue weighted by Gasteiger charge is 2.03. The van der Waals surface area contributed by atoms with Crippen molar-refractivity contribution >= 4 is 37.9 Å². The predicted molar refractivity (Wildman–Crippen MR) is 97.1 cm³/mol. The van der Waals surface area contributed by atoms with Crippen molar-refractivity contribution in [3.05, 3.63) is 68.6 Å². The summed E-state index contributed by atoms with van der Waals surface area (Å²) in [7, 11) is 0. The third kappa shape index (κ3) is 5.46. The van der Waals surface area contributed by atoms with E-state index in [4.69, 9.17) is 0 Å². The van der Waals surface area contributed by atoms with Gasteiger partial charge in [0.25, 0.3) is 0 Å². The molecule has 0 saturated carbocycles. The normalized spacial score (nSPS) is 10.3.